The van der Waals surface area contributed by atoms with Crippen molar-refractivity contribution in [3.05, 3.63) is 47.5 Å². The Morgan fingerprint density at radius 2 is 2.27 bits per heavy atom. The van der Waals surface area contributed by atoms with E-state index >= 15 is 0 Å². The third-order valence-electron chi connectivity index (χ3n) is 3.92. The van der Waals surface area contributed by atoms with Crippen LogP contribution in [0.2, 0.25) is 0 Å². The summed E-state index contributed by atoms with van der Waals surface area (Å²) in [4.78, 5) is 10.2. The van der Waals surface area contributed by atoms with Gasteiger partial charge in [0, 0.05) is 30.5 Å². The van der Waals surface area contributed by atoms with Gasteiger partial charge in [-0.1, -0.05) is 18.2 Å². The Labute approximate surface area is 131 Å². The van der Waals surface area contributed by atoms with Crippen molar-refractivity contribution in [3.63, 3.8) is 0 Å². The summed E-state index contributed by atoms with van der Waals surface area (Å²) < 4.78 is 11.4. The van der Waals surface area contributed by atoms with Gasteiger partial charge in [0.25, 0.3) is 0 Å². The fourth-order valence-corrected chi connectivity index (χ4v) is 2.83. The van der Waals surface area contributed by atoms with Crippen molar-refractivity contribution in [1.82, 2.24) is 14.9 Å². The molecule has 1 atom stereocenters. The van der Waals surface area contributed by atoms with Crippen LogP contribution in [0.4, 0.5) is 0 Å². The van der Waals surface area contributed by atoms with E-state index in [9.17, 15) is 0 Å². The molecule has 5 nitrogen and oxygen atoms in total. The predicted molar refractivity (Wildman–Crippen MR) is 84.9 cm³/mol. The zero-order chi connectivity index (χ0) is 15.4. The molecule has 1 aromatic carbocycles. The number of para-hydroxylation sites is 1. The topological polar surface area (TPSA) is 50.4 Å². The van der Waals surface area contributed by atoms with Gasteiger partial charge in [0.2, 0.25) is 0 Å². The molecular weight excluding hydrogens is 278 g/mol. The molecule has 0 spiro atoms. The van der Waals surface area contributed by atoms with Crippen LogP contribution in [-0.2, 0) is 11.3 Å². The number of nitrogens with zero attached hydrogens (tertiary/aromatic N) is 2. The number of imidazole rings is 1. The fraction of sp³-hybridized carbons (Fsp3) is 0.471. The summed E-state index contributed by atoms with van der Waals surface area (Å²) in [5.41, 5.74) is 2.29. The zero-order valence-corrected chi connectivity index (χ0v) is 13.2. The van der Waals surface area contributed by atoms with Gasteiger partial charge in [-0.15, -0.1) is 0 Å². The van der Waals surface area contributed by atoms with Gasteiger partial charge in [0.05, 0.1) is 25.9 Å². The number of nitrogens with one attached hydrogen (secondary N) is 1. The van der Waals surface area contributed by atoms with Crippen molar-refractivity contribution in [2.75, 3.05) is 26.4 Å². The van der Waals surface area contributed by atoms with Crippen LogP contribution in [0.25, 0.3) is 0 Å². The van der Waals surface area contributed by atoms with Gasteiger partial charge in [-0.2, -0.15) is 0 Å². The Balaban J connectivity index is 1.80. The van der Waals surface area contributed by atoms with Crippen molar-refractivity contribution < 1.29 is 9.47 Å². The molecule has 1 fully saturated rings. The minimum absolute atomic E-state index is 0.164. The van der Waals surface area contributed by atoms with Crippen molar-refractivity contribution in [2.24, 2.45) is 0 Å². The monoisotopic (exact) mass is 301 g/mol. The molecule has 1 unspecified atom stereocenters. The van der Waals surface area contributed by atoms with Crippen molar-refractivity contribution in [3.8, 4) is 5.75 Å². The van der Waals surface area contributed by atoms with E-state index in [4.69, 9.17) is 9.47 Å². The average molecular weight is 301 g/mol. The Kier molecular flexibility index (Phi) is 4.75. The Hall–Kier alpha value is -1.85. The fourth-order valence-electron chi connectivity index (χ4n) is 2.83. The van der Waals surface area contributed by atoms with Crippen molar-refractivity contribution >= 4 is 0 Å². The summed E-state index contributed by atoms with van der Waals surface area (Å²) in [5.74, 6) is 1.94. The quantitative estimate of drug-likeness (QED) is 0.922. The molecule has 0 aliphatic carbocycles. The first kappa shape index (κ1) is 15.1. The lowest BCUT2D eigenvalue weighted by Gasteiger charge is -2.34. The van der Waals surface area contributed by atoms with Crippen molar-refractivity contribution in [1.29, 1.82) is 0 Å². The minimum atomic E-state index is 0.164. The lowest BCUT2D eigenvalue weighted by molar-refractivity contribution is -0.0159. The molecular formula is C17H23N3O2. The van der Waals surface area contributed by atoms with Gasteiger partial charge in [-0.25, -0.2) is 4.98 Å². The molecule has 3 rings (SSSR count). The van der Waals surface area contributed by atoms with Gasteiger partial charge in [0.15, 0.2) is 0 Å². The first-order chi connectivity index (χ1) is 10.8. The van der Waals surface area contributed by atoms with E-state index in [0.717, 1.165) is 37.0 Å². The SMILES string of the molecule is CCOc1ccccc1CN1CCOCC1c1ncc(C)[nH]1. The lowest BCUT2D eigenvalue weighted by atomic mass is 10.1. The van der Waals surface area contributed by atoms with Gasteiger partial charge in [-0.05, 0) is 19.9 Å². The Bertz CT molecular complexity index is 611. The number of hydrogen-bond donors (Lipinski definition) is 1. The number of morpholine rings is 1. The predicted octanol–water partition coefficient (Wildman–Crippen LogP) is 2.69. The zero-order valence-electron chi connectivity index (χ0n) is 13.2. The number of aryl methyl sites for hydroxylation is 1. The molecule has 2 heterocycles. The maximum absolute atomic E-state index is 5.74. The summed E-state index contributed by atoms with van der Waals surface area (Å²) >= 11 is 0. The van der Waals surface area contributed by atoms with E-state index in [2.05, 4.69) is 27.0 Å². The number of ether oxygens (including phenoxy) is 2. The van der Waals surface area contributed by atoms with E-state index in [1.54, 1.807) is 0 Å². The van der Waals surface area contributed by atoms with Crippen LogP contribution in [0.15, 0.2) is 30.5 Å². The number of aromatic amines is 1. The molecule has 5 heteroatoms. The normalized spacial score (nSPS) is 19.3. The summed E-state index contributed by atoms with van der Waals surface area (Å²) in [5, 5.41) is 0. The summed E-state index contributed by atoms with van der Waals surface area (Å²) in [7, 11) is 0. The standard InChI is InChI=1S/C17H23N3O2/c1-3-22-16-7-5-4-6-14(16)11-20-8-9-21-12-15(20)17-18-10-13(2)19-17/h4-7,10,15H,3,8-9,11-12H2,1-2H3,(H,18,19). The molecule has 0 radical (unpaired) electrons. The summed E-state index contributed by atoms with van der Waals surface area (Å²) in [6.45, 7) is 7.88. The number of rotatable bonds is 5. The molecule has 1 aromatic heterocycles. The highest BCUT2D eigenvalue weighted by Crippen LogP contribution is 2.27. The average Bonchev–Trinajstić information content (AvgIpc) is 2.96. The Morgan fingerprint density at radius 1 is 1.41 bits per heavy atom. The molecule has 0 bridgehead atoms. The maximum Gasteiger partial charge on any atom is 0.126 e. The van der Waals surface area contributed by atoms with E-state index in [1.807, 2.05) is 32.2 Å². The van der Waals surface area contributed by atoms with Gasteiger partial charge in [0.1, 0.15) is 11.6 Å². The van der Waals surface area contributed by atoms with E-state index in [1.165, 1.54) is 5.56 Å². The molecule has 1 N–H and O–H groups in total. The van der Waals surface area contributed by atoms with Crippen LogP contribution in [0.3, 0.4) is 0 Å². The molecule has 1 aliphatic rings. The highest BCUT2D eigenvalue weighted by Gasteiger charge is 2.27. The molecule has 0 saturated carbocycles. The number of hydrogen-bond acceptors (Lipinski definition) is 4. The van der Waals surface area contributed by atoms with Crippen LogP contribution in [0.1, 0.15) is 30.0 Å². The number of H-pyrrole nitrogens is 1. The summed E-state index contributed by atoms with van der Waals surface area (Å²) in [6.07, 6.45) is 1.87. The largest absolute Gasteiger partial charge is 0.494 e. The van der Waals surface area contributed by atoms with E-state index < -0.39 is 0 Å². The Morgan fingerprint density at radius 3 is 3.05 bits per heavy atom. The third-order valence-corrected chi connectivity index (χ3v) is 3.92. The number of aromatic nitrogens is 2. The van der Waals surface area contributed by atoms with Crippen LogP contribution in [0.5, 0.6) is 5.75 Å². The second-order valence-corrected chi connectivity index (χ2v) is 5.55. The molecule has 2 aromatic rings. The third kappa shape index (κ3) is 3.31. The molecule has 1 aliphatic heterocycles. The van der Waals surface area contributed by atoms with Crippen LogP contribution in [0, 0.1) is 6.92 Å². The van der Waals surface area contributed by atoms with Gasteiger partial charge >= 0.3 is 0 Å². The minimum Gasteiger partial charge on any atom is -0.494 e. The second-order valence-electron chi connectivity index (χ2n) is 5.55. The van der Waals surface area contributed by atoms with E-state index in [-0.39, 0.29) is 6.04 Å². The van der Waals surface area contributed by atoms with Crippen LogP contribution >= 0.6 is 0 Å². The molecule has 118 valence electrons. The maximum atomic E-state index is 5.74. The van der Waals surface area contributed by atoms with Gasteiger partial charge < -0.3 is 14.5 Å². The first-order valence-electron chi connectivity index (χ1n) is 7.82. The highest BCUT2D eigenvalue weighted by atomic mass is 16.5. The summed E-state index contributed by atoms with van der Waals surface area (Å²) in [6, 6.07) is 8.40. The second kappa shape index (κ2) is 6.94. The van der Waals surface area contributed by atoms with Gasteiger partial charge in [-0.3, -0.25) is 4.90 Å². The number of benzene rings is 1. The lowest BCUT2D eigenvalue weighted by Crippen LogP contribution is -2.39. The molecule has 0 amide bonds. The molecule has 22 heavy (non-hydrogen) atoms. The first-order valence-corrected chi connectivity index (χ1v) is 7.82. The molecule has 1 saturated heterocycles. The van der Waals surface area contributed by atoms with E-state index in [0.29, 0.717) is 13.2 Å². The van der Waals surface area contributed by atoms with Crippen LogP contribution in [-0.4, -0.2) is 41.2 Å². The highest BCUT2D eigenvalue weighted by molar-refractivity contribution is 5.33. The van der Waals surface area contributed by atoms with Crippen molar-refractivity contribution in [2.45, 2.75) is 26.4 Å². The smallest absolute Gasteiger partial charge is 0.126 e. The van der Waals surface area contributed by atoms with Crippen LogP contribution < -0.4 is 4.74 Å².